The predicted molar refractivity (Wildman–Crippen MR) is 91.7 cm³/mol. The van der Waals surface area contributed by atoms with Crippen LogP contribution in [-0.4, -0.2) is 35.3 Å². The number of carbonyl (C=O) groups excluding carboxylic acids is 2. The fourth-order valence-electron chi connectivity index (χ4n) is 2.19. The first-order valence-electron chi connectivity index (χ1n) is 7.67. The summed E-state index contributed by atoms with van der Waals surface area (Å²) in [5.74, 6) is -0.587. The Hall–Kier alpha value is -2.67. The molecule has 7 heteroatoms. The molecule has 2 rings (SSSR count). The molecule has 0 fully saturated rings. The van der Waals surface area contributed by atoms with Gasteiger partial charge in [-0.25, -0.2) is 0 Å². The van der Waals surface area contributed by atoms with Gasteiger partial charge in [-0.15, -0.1) is 0 Å². The van der Waals surface area contributed by atoms with Crippen LogP contribution >= 0.6 is 0 Å². The zero-order valence-electron chi connectivity index (χ0n) is 14.1. The Bertz CT molecular complexity index is 698. The van der Waals surface area contributed by atoms with Gasteiger partial charge in [-0.1, -0.05) is 13.0 Å². The molecule has 7 nitrogen and oxygen atoms in total. The largest absolute Gasteiger partial charge is 0.375 e. The van der Waals surface area contributed by atoms with Crippen molar-refractivity contribution in [3.8, 4) is 0 Å². The van der Waals surface area contributed by atoms with Crippen LogP contribution in [0, 0.1) is 12.8 Å². The second kappa shape index (κ2) is 8.26. The van der Waals surface area contributed by atoms with Crippen LogP contribution in [0.1, 0.15) is 12.5 Å². The fraction of sp³-hybridized carbons (Fsp3) is 0.353. The molecule has 0 aliphatic rings. The molecule has 24 heavy (non-hydrogen) atoms. The van der Waals surface area contributed by atoms with Crippen LogP contribution in [0.15, 0.2) is 36.7 Å². The van der Waals surface area contributed by atoms with E-state index in [9.17, 15) is 9.59 Å². The molecule has 1 heterocycles. The van der Waals surface area contributed by atoms with Crippen LogP contribution in [0.2, 0.25) is 0 Å². The second-order valence-corrected chi connectivity index (χ2v) is 5.63. The Morgan fingerprint density at radius 2 is 2.12 bits per heavy atom. The summed E-state index contributed by atoms with van der Waals surface area (Å²) in [6, 6.07) is 7.18. The lowest BCUT2D eigenvalue weighted by Gasteiger charge is -2.15. The standard InChI is InChI=1S/C17H22N4O3/c1-12-5-6-14(19-16(22)11-24-3)9-15(12)20-17(23)13(2)10-21-8-4-7-18-21/h4-9,13H,10-11H2,1-3H3,(H,19,22)(H,20,23). The average Bonchev–Trinajstić information content (AvgIpc) is 3.03. The third-order valence-corrected chi connectivity index (χ3v) is 3.52. The van der Waals surface area contributed by atoms with Crippen molar-refractivity contribution in [1.29, 1.82) is 0 Å². The number of hydrogen-bond acceptors (Lipinski definition) is 4. The number of nitrogens with one attached hydrogen (secondary N) is 2. The molecular weight excluding hydrogens is 308 g/mol. The van der Waals surface area contributed by atoms with Gasteiger partial charge in [-0.2, -0.15) is 5.10 Å². The molecule has 0 aliphatic carbocycles. The molecule has 2 amide bonds. The maximum absolute atomic E-state index is 12.4. The maximum Gasteiger partial charge on any atom is 0.250 e. The van der Waals surface area contributed by atoms with Crippen LogP contribution in [0.3, 0.4) is 0 Å². The predicted octanol–water partition coefficient (Wildman–Crippen LogP) is 2.05. The van der Waals surface area contributed by atoms with Crippen molar-refractivity contribution in [2.75, 3.05) is 24.4 Å². The lowest BCUT2D eigenvalue weighted by atomic mass is 10.1. The molecule has 1 atom stereocenters. The summed E-state index contributed by atoms with van der Waals surface area (Å²) in [4.78, 5) is 24.0. The van der Waals surface area contributed by atoms with Gasteiger partial charge < -0.3 is 15.4 Å². The van der Waals surface area contributed by atoms with E-state index in [-0.39, 0.29) is 24.3 Å². The first-order chi connectivity index (χ1) is 11.5. The number of benzene rings is 1. The molecule has 2 N–H and O–H groups in total. The SMILES string of the molecule is COCC(=O)Nc1ccc(C)c(NC(=O)C(C)Cn2cccn2)c1. The van der Waals surface area contributed by atoms with Gasteiger partial charge in [0.15, 0.2) is 0 Å². The number of aromatic nitrogens is 2. The van der Waals surface area contributed by atoms with E-state index < -0.39 is 0 Å². The molecule has 0 bridgehead atoms. The zero-order chi connectivity index (χ0) is 17.5. The Kier molecular flexibility index (Phi) is 6.08. The molecular formula is C17H22N4O3. The molecule has 128 valence electrons. The Morgan fingerprint density at radius 1 is 1.33 bits per heavy atom. The summed E-state index contributed by atoms with van der Waals surface area (Å²) in [6.07, 6.45) is 3.50. The highest BCUT2D eigenvalue weighted by atomic mass is 16.5. The number of methoxy groups -OCH3 is 1. The number of amides is 2. The van der Waals surface area contributed by atoms with E-state index in [2.05, 4.69) is 15.7 Å². The van der Waals surface area contributed by atoms with Crippen LogP contribution in [0.25, 0.3) is 0 Å². The molecule has 0 spiro atoms. The summed E-state index contributed by atoms with van der Waals surface area (Å²) >= 11 is 0. The normalized spacial score (nSPS) is 11.8. The number of rotatable bonds is 7. The lowest BCUT2D eigenvalue weighted by molar-refractivity contribution is -0.120. The van der Waals surface area contributed by atoms with E-state index >= 15 is 0 Å². The minimum atomic E-state index is -0.245. The topological polar surface area (TPSA) is 85.3 Å². The summed E-state index contributed by atoms with van der Waals surface area (Å²) in [6.45, 7) is 4.23. The van der Waals surface area contributed by atoms with Gasteiger partial charge in [0.25, 0.3) is 0 Å². The fourth-order valence-corrected chi connectivity index (χ4v) is 2.19. The summed E-state index contributed by atoms with van der Waals surface area (Å²) < 4.78 is 6.51. The third kappa shape index (κ3) is 4.92. The van der Waals surface area contributed by atoms with E-state index in [1.54, 1.807) is 23.0 Å². The summed E-state index contributed by atoms with van der Waals surface area (Å²) in [5, 5.41) is 9.73. The third-order valence-electron chi connectivity index (χ3n) is 3.52. The first kappa shape index (κ1) is 17.7. The molecule has 0 radical (unpaired) electrons. The van der Waals surface area contributed by atoms with Crippen molar-refractivity contribution >= 4 is 23.2 Å². The molecule has 1 unspecified atom stereocenters. The minimum absolute atomic E-state index is 0.0174. The quantitative estimate of drug-likeness (QED) is 0.813. The number of aryl methyl sites for hydroxylation is 1. The second-order valence-electron chi connectivity index (χ2n) is 5.63. The van der Waals surface area contributed by atoms with Gasteiger partial charge in [0.2, 0.25) is 11.8 Å². The van der Waals surface area contributed by atoms with Crippen molar-refractivity contribution in [3.05, 3.63) is 42.2 Å². The lowest BCUT2D eigenvalue weighted by Crippen LogP contribution is -2.25. The molecule has 0 saturated carbocycles. The van der Waals surface area contributed by atoms with E-state index in [1.165, 1.54) is 7.11 Å². The Morgan fingerprint density at radius 3 is 2.79 bits per heavy atom. The highest BCUT2D eigenvalue weighted by molar-refractivity contribution is 5.95. The van der Waals surface area contributed by atoms with Gasteiger partial charge in [0.05, 0.1) is 12.5 Å². The average molecular weight is 330 g/mol. The van der Waals surface area contributed by atoms with Crippen LogP contribution in [0.5, 0.6) is 0 Å². The zero-order valence-corrected chi connectivity index (χ0v) is 14.1. The van der Waals surface area contributed by atoms with Gasteiger partial charge in [-0.3, -0.25) is 14.3 Å². The van der Waals surface area contributed by atoms with Gasteiger partial charge in [0.1, 0.15) is 6.61 Å². The molecule has 0 saturated heterocycles. The van der Waals surface area contributed by atoms with Crippen LogP contribution in [0.4, 0.5) is 11.4 Å². The van der Waals surface area contributed by atoms with Crippen molar-refractivity contribution < 1.29 is 14.3 Å². The van der Waals surface area contributed by atoms with Crippen LogP contribution in [-0.2, 0) is 20.9 Å². The van der Waals surface area contributed by atoms with Gasteiger partial charge in [-0.05, 0) is 30.7 Å². The number of ether oxygens (including phenoxy) is 1. The molecule has 0 aliphatic heterocycles. The van der Waals surface area contributed by atoms with Crippen molar-refractivity contribution in [2.24, 2.45) is 5.92 Å². The highest BCUT2D eigenvalue weighted by Crippen LogP contribution is 2.21. The number of hydrogen-bond donors (Lipinski definition) is 2. The van der Waals surface area contributed by atoms with E-state index in [0.717, 1.165) is 5.56 Å². The Balaban J connectivity index is 2.02. The van der Waals surface area contributed by atoms with E-state index in [0.29, 0.717) is 17.9 Å². The molecule has 1 aromatic heterocycles. The van der Waals surface area contributed by atoms with Crippen molar-refractivity contribution in [3.63, 3.8) is 0 Å². The number of carbonyl (C=O) groups is 2. The van der Waals surface area contributed by atoms with Gasteiger partial charge in [0, 0.05) is 30.9 Å². The van der Waals surface area contributed by atoms with E-state index in [1.807, 2.05) is 32.2 Å². The monoisotopic (exact) mass is 330 g/mol. The number of anilines is 2. The van der Waals surface area contributed by atoms with Gasteiger partial charge >= 0.3 is 0 Å². The Labute approximate surface area is 141 Å². The number of nitrogens with zero attached hydrogens (tertiary/aromatic N) is 2. The van der Waals surface area contributed by atoms with E-state index in [4.69, 9.17) is 4.74 Å². The minimum Gasteiger partial charge on any atom is -0.375 e. The van der Waals surface area contributed by atoms with Crippen LogP contribution < -0.4 is 10.6 Å². The van der Waals surface area contributed by atoms with Crippen molar-refractivity contribution in [1.82, 2.24) is 9.78 Å². The molecule has 1 aromatic carbocycles. The summed E-state index contributed by atoms with van der Waals surface area (Å²) in [7, 11) is 1.46. The first-order valence-corrected chi connectivity index (χ1v) is 7.67. The maximum atomic E-state index is 12.4. The highest BCUT2D eigenvalue weighted by Gasteiger charge is 2.15. The van der Waals surface area contributed by atoms with Crippen molar-refractivity contribution in [2.45, 2.75) is 20.4 Å². The summed E-state index contributed by atoms with van der Waals surface area (Å²) in [5.41, 5.74) is 2.19. The molecule has 2 aromatic rings. The smallest absolute Gasteiger partial charge is 0.250 e.